The lowest BCUT2D eigenvalue weighted by atomic mass is 9.77. The van der Waals surface area contributed by atoms with Crippen LogP contribution in [0.5, 0.6) is 5.75 Å². The molecule has 130 valence electrons. The highest BCUT2D eigenvalue weighted by molar-refractivity contribution is 6.31. The third-order valence-electron chi connectivity index (χ3n) is 5.35. The number of halogens is 1. The van der Waals surface area contributed by atoms with Crippen LogP contribution in [0.1, 0.15) is 49.3 Å². The highest BCUT2D eigenvalue weighted by Crippen LogP contribution is 2.52. The van der Waals surface area contributed by atoms with Crippen molar-refractivity contribution in [3.05, 3.63) is 70.8 Å². The summed E-state index contributed by atoms with van der Waals surface area (Å²) in [7, 11) is 0. The highest BCUT2D eigenvalue weighted by atomic mass is 35.5. The number of rotatable bonds is 5. The first kappa shape index (κ1) is 16.5. The molecule has 25 heavy (non-hydrogen) atoms. The van der Waals surface area contributed by atoms with Crippen molar-refractivity contribution in [3.63, 3.8) is 0 Å². The number of para-hydroxylation sites is 1. The molecule has 0 spiro atoms. The number of ether oxygens (including phenoxy) is 1. The molecular formula is C22H24ClNO. The van der Waals surface area contributed by atoms with Crippen LogP contribution in [0, 0.1) is 5.92 Å². The van der Waals surface area contributed by atoms with Gasteiger partial charge in [0.1, 0.15) is 5.75 Å². The van der Waals surface area contributed by atoms with Gasteiger partial charge in [0.05, 0.1) is 18.3 Å². The number of allylic oxidation sites excluding steroid dienone is 2. The number of benzene rings is 2. The fraction of sp³-hybridized carbons (Fsp3) is 0.364. The standard InChI is InChI=1S/C22H24ClNO/c1-2-3-14-25-20-13-7-11-17-15-9-6-10-16(15)21(24-22(17)20)18-8-4-5-12-19(18)23/h4-9,11-13,15-16,21,24H,2-3,10,14H2,1H3. The molecule has 2 nitrogen and oxygen atoms in total. The largest absolute Gasteiger partial charge is 0.491 e. The zero-order chi connectivity index (χ0) is 17.2. The zero-order valence-electron chi connectivity index (χ0n) is 14.5. The summed E-state index contributed by atoms with van der Waals surface area (Å²) in [4.78, 5) is 0. The fourth-order valence-corrected chi connectivity index (χ4v) is 4.33. The van der Waals surface area contributed by atoms with Crippen molar-refractivity contribution < 1.29 is 4.74 Å². The second-order valence-electron chi connectivity index (χ2n) is 6.92. The Bertz CT molecular complexity index is 785. The van der Waals surface area contributed by atoms with Crippen molar-refractivity contribution in [3.8, 4) is 5.75 Å². The van der Waals surface area contributed by atoms with E-state index in [-0.39, 0.29) is 6.04 Å². The van der Waals surface area contributed by atoms with E-state index in [9.17, 15) is 0 Å². The van der Waals surface area contributed by atoms with Crippen molar-refractivity contribution in [1.82, 2.24) is 0 Å². The van der Waals surface area contributed by atoms with Gasteiger partial charge in [0, 0.05) is 10.9 Å². The van der Waals surface area contributed by atoms with Crippen LogP contribution < -0.4 is 10.1 Å². The van der Waals surface area contributed by atoms with Crippen LogP contribution in [0.3, 0.4) is 0 Å². The van der Waals surface area contributed by atoms with E-state index in [0.29, 0.717) is 11.8 Å². The van der Waals surface area contributed by atoms with Crippen LogP contribution in [0.25, 0.3) is 0 Å². The molecule has 0 fully saturated rings. The van der Waals surface area contributed by atoms with Crippen LogP contribution in [-0.4, -0.2) is 6.61 Å². The summed E-state index contributed by atoms with van der Waals surface area (Å²) < 4.78 is 6.09. The maximum Gasteiger partial charge on any atom is 0.142 e. The second-order valence-corrected chi connectivity index (χ2v) is 7.33. The summed E-state index contributed by atoms with van der Waals surface area (Å²) in [6.07, 6.45) is 7.94. The van der Waals surface area contributed by atoms with E-state index in [1.165, 1.54) is 11.1 Å². The lowest BCUT2D eigenvalue weighted by Gasteiger charge is -2.38. The molecule has 3 unspecified atom stereocenters. The van der Waals surface area contributed by atoms with E-state index in [1.54, 1.807) is 0 Å². The van der Waals surface area contributed by atoms with E-state index >= 15 is 0 Å². The van der Waals surface area contributed by atoms with Crippen LogP contribution in [0.4, 0.5) is 5.69 Å². The molecule has 0 saturated heterocycles. The molecule has 1 N–H and O–H groups in total. The SMILES string of the molecule is CCCCOc1cccc2c1NC(c1ccccc1Cl)C1CC=CC21. The summed E-state index contributed by atoms with van der Waals surface area (Å²) in [5.41, 5.74) is 3.66. The lowest BCUT2D eigenvalue weighted by molar-refractivity contribution is 0.308. The van der Waals surface area contributed by atoms with Gasteiger partial charge in [-0.05, 0) is 42.0 Å². The molecule has 0 bridgehead atoms. The number of unbranched alkanes of at least 4 members (excludes halogenated alkanes) is 1. The van der Waals surface area contributed by atoms with Gasteiger partial charge in [-0.1, -0.05) is 67.4 Å². The summed E-state index contributed by atoms with van der Waals surface area (Å²) in [5.74, 6) is 1.88. The molecule has 1 heterocycles. The van der Waals surface area contributed by atoms with E-state index in [0.717, 1.165) is 42.3 Å². The fourth-order valence-electron chi connectivity index (χ4n) is 4.07. The van der Waals surface area contributed by atoms with Crippen LogP contribution in [0.15, 0.2) is 54.6 Å². The van der Waals surface area contributed by atoms with Gasteiger partial charge in [-0.25, -0.2) is 0 Å². The van der Waals surface area contributed by atoms with E-state index in [1.807, 2.05) is 12.1 Å². The Kier molecular flexibility index (Phi) is 4.72. The third kappa shape index (κ3) is 3.04. The first-order valence-electron chi connectivity index (χ1n) is 9.23. The van der Waals surface area contributed by atoms with Gasteiger partial charge < -0.3 is 10.1 Å². The number of hydrogen-bond acceptors (Lipinski definition) is 2. The smallest absolute Gasteiger partial charge is 0.142 e. The Morgan fingerprint density at radius 3 is 2.80 bits per heavy atom. The first-order valence-corrected chi connectivity index (χ1v) is 9.60. The number of fused-ring (bicyclic) bond motifs is 3. The first-order chi connectivity index (χ1) is 12.3. The van der Waals surface area contributed by atoms with Gasteiger partial charge in [-0.3, -0.25) is 0 Å². The lowest BCUT2D eigenvalue weighted by Crippen LogP contribution is -2.29. The topological polar surface area (TPSA) is 21.3 Å². The van der Waals surface area contributed by atoms with E-state index in [2.05, 4.69) is 54.7 Å². The number of nitrogens with one attached hydrogen (secondary N) is 1. The highest BCUT2D eigenvalue weighted by Gasteiger charge is 2.39. The Hall–Kier alpha value is -1.93. The average molecular weight is 354 g/mol. The summed E-state index contributed by atoms with van der Waals surface area (Å²) in [6.45, 7) is 2.94. The van der Waals surface area contributed by atoms with Crippen molar-refractivity contribution in [1.29, 1.82) is 0 Å². The molecule has 2 aromatic rings. The van der Waals surface area contributed by atoms with Crippen molar-refractivity contribution in [2.24, 2.45) is 5.92 Å². The minimum Gasteiger partial charge on any atom is -0.491 e. The van der Waals surface area contributed by atoms with E-state index in [4.69, 9.17) is 16.3 Å². The summed E-state index contributed by atoms with van der Waals surface area (Å²) >= 11 is 6.53. The van der Waals surface area contributed by atoms with Crippen molar-refractivity contribution in [2.45, 2.75) is 38.1 Å². The second kappa shape index (κ2) is 7.13. The minimum atomic E-state index is 0.206. The van der Waals surface area contributed by atoms with Gasteiger partial charge in [-0.2, -0.15) is 0 Å². The van der Waals surface area contributed by atoms with E-state index < -0.39 is 0 Å². The van der Waals surface area contributed by atoms with Gasteiger partial charge in [0.15, 0.2) is 0 Å². The minimum absolute atomic E-state index is 0.206. The quantitative estimate of drug-likeness (QED) is 0.499. The normalized spacial score (nSPS) is 23.7. The number of anilines is 1. The Labute approximate surface area is 154 Å². The predicted octanol–water partition coefficient (Wildman–Crippen LogP) is 6.35. The van der Waals surface area contributed by atoms with Crippen LogP contribution >= 0.6 is 11.6 Å². The molecule has 0 aromatic heterocycles. The monoisotopic (exact) mass is 353 g/mol. The van der Waals surface area contributed by atoms with Gasteiger partial charge in [0.2, 0.25) is 0 Å². The third-order valence-corrected chi connectivity index (χ3v) is 5.70. The molecule has 3 atom stereocenters. The van der Waals surface area contributed by atoms with Crippen molar-refractivity contribution >= 4 is 17.3 Å². The average Bonchev–Trinajstić information content (AvgIpc) is 3.12. The predicted molar refractivity (Wildman–Crippen MR) is 105 cm³/mol. The zero-order valence-corrected chi connectivity index (χ0v) is 15.3. The molecule has 3 heteroatoms. The van der Waals surface area contributed by atoms with Gasteiger partial charge >= 0.3 is 0 Å². The molecule has 0 saturated carbocycles. The Morgan fingerprint density at radius 2 is 1.96 bits per heavy atom. The van der Waals surface area contributed by atoms with Crippen LogP contribution in [0.2, 0.25) is 5.02 Å². The maximum absolute atomic E-state index is 6.53. The van der Waals surface area contributed by atoms with Gasteiger partial charge in [-0.15, -0.1) is 0 Å². The molecular weight excluding hydrogens is 330 g/mol. The molecule has 1 aliphatic heterocycles. The molecule has 0 radical (unpaired) electrons. The summed E-state index contributed by atoms with van der Waals surface area (Å²) in [6, 6.07) is 14.8. The van der Waals surface area contributed by atoms with Crippen LogP contribution in [-0.2, 0) is 0 Å². The molecule has 0 amide bonds. The summed E-state index contributed by atoms with van der Waals surface area (Å²) in [5, 5.41) is 4.60. The molecule has 1 aliphatic carbocycles. The number of hydrogen-bond donors (Lipinski definition) is 1. The maximum atomic E-state index is 6.53. The molecule has 2 aliphatic rings. The van der Waals surface area contributed by atoms with Gasteiger partial charge in [0.25, 0.3) is 0 Å². The molecule has 2 aromatic carbocycles. The molecule has 4 rings (SSSR count). The Morgan fingerprint density at radius 1 is 1.12 bits per heavy atom. The van der Waals surface area contributed by atoms with Crippen molar-refractivity contribution in [2.75, 3.05) is 11.9 Å². The Balaban J connectivity index is 1.73.